The van der Waals surface area contributed by atoms with Crippen LogP contribution in [0.5, 0.6) is 5.75 Å². The molecule has 2 bridgehead atoms. The van der Waals surface area contributed by atoms with Gasteiger partial charge in [-0.25, -0.2) is 4.79 Å². The van der Waals surface area contributed by atoms with Crippen LogP contribution in [-0.4, -0.2) is 6.10 Å². The van der Waals surface area contributed by atoms with E-state index < -0.39 is 0 Å². The Balaban J connectivity index is 1.57. The van der Waals surface area contributed by atoms with E-state index in [1.54, 1.807) is 6.07 Å². The van der Waals surface area contributed by atoms with E-state index in [2.05, 4.69) is 0 Å². The molecule has 4 rings (SSSR count). The fourth-order valence-corrected chi connectivity index (χ4v) is 3.85. The molecule has 2 aromatic rings. The quantitative estimate of drug-likeness (QED) is 0.780. The Kier molecular flexibility index (Phi) is 2.79. The monoisotopic (exact) mass is 270 g/mol. The highest BCUT2D eigenvalue weighted by Gasteiger charge is 2.35. The summed E-state index contributed by atoms with van der Waals surface area (Å²) in [7, 11) is 0. The molecule has 1 aromatic heterocycles. The van der Waals surface area contributed by atoms with Crippen LogP contribution in [0.3, 0.4) is 0 Å². The first-order valence-electron chi connectivity index (χ1n) is 7.47. The molecule has 1 heterocycles. The summed E-state index contributed by atoms with van der Waals surface area (Å²) in [6, 6.07) is 8.99. The maximum absolute atomic E-state index is 11.3. The molecule has 0 saturated heterocycles. The van der Waals surface area contributed by atoms with Gasteiger partial charge in [0.05, 0.1) is 6.10 Å². The predicted molar refractivity (Wildman–Crippen MR) is 77.0 cm³/mol. The number of hydrogen-bond donors (Lipinski definition) is 0. The first-order chi connectivity index (χ1) is 9.76. The molecule has 104 valence electrons. The van der Waals surface area contributed by atoms with E-state index in [0.29, 0.717) is 11.7 Å². The van der Waals surface area contributed by atoms with Gasteiger partial charge in [0.1, 0.15) is 11.3 Å². The first-order valence-corrected chi connectivity index (χ1v) is 7.47. The molecule has 0 aliphatic heterocycles. The van der Waals surface area contributed by atoms with Gasteiger partial charge in [0, 0.05) is 17.5 Å². The molecule has 1 aromatic carbocycles. The Bertz CT molecular complexity index is 676. The van der Waals surface area contributed by atoms with Gasteiger partial charge in [-0.05, 0) is 49.3 Å². The smallest absolute Gasteiger partial charge is 0.336 e. The highest BCUT2D eigenvalue weighted by Crippen LogP contribution is 2.43. The van der Waals surface area contributed by atoms with Gasteiger partial charge in [0.2, 0.25) is 0 Å². The maximum Gasteiger partial charge on any atom is 0.336 e. The van der Waals surface area contributed by atoms with Gasteiger partial charge in [0.15, 0.2) is 0 Å². The molecule has 0 N–H and O–H groups in total. The van der Waals surface area contributed by atoms with Crippen molar-refractivity contribution in [2.24, 2.45) is 11.8 Å². The second kappa shape index (κ2) is 4.65. The molecule has 0 amide bonds. The number of hydrogen-bond acceptors (Lipinski definition) is 3. The van der Waals surface area contributed by atoms with Crippen LogP contribution < -0.4 is 10.4 Å². The minimum absolute atomic E-state index is 0.314. The van der Waals surface area contributed by atoms with Crippen molar-refractivity contribution in [2.75, 3.05) is 0 Å². The lowest BCUT2D eigenvalue weighted by Gasteiger charge is -2.28. The zero-order valence-corrected chi connectivity index (χ0v) is 11.4. The van der Waals surface area contributed by atoms with Gasteiger partial charge in [-0.1, -0.05) is 12.8 Å². The highest BCUT2D eigenvalue weighted by atomic mass is 16.5. The van der Waals surface area contributed by atoms with Gasteiger partial charge in [0.25, 0.3) is 0 Å². The van der Waals surface area contributed by atoms with Crippen LogP contribution >= 0.6 is 0 Å². The lowest BCUT2D eigenvalue weighted by Crippen LogP contribution is -2.25. The third kappa shape index (κ3) is 2.21. The van der Waals surface area contributed by atoms with Gasteiger partial charge < -0.3 is 9.15 Å². The predicted octanol–water partition coefficient (Wildman–Crippen LogP) is 3.75. The summed E-state index contributed by atoms with van der Waals surface area (Å²) in [4.78, 5) is 11.3. The number of benzene rings is 1. The second-order valence-corrected chi connectivity index (χ2v) is 6.21. The summed E-state index contributed by atoms with van der Waals surface area (Å²) in [6.45, 7) is 0. The number of ether oxygens (including phenoxy) is 1. The first kappa shape index (κ1) is 12.0. The molecule has 2 fully saturated rings. The zero-order chi connectivity index (χ0) is 13.5. The van der Waals surface area contributed by atoms with E-state index in [-0.39, 0.29) is 5.63 Å². The van der Waals surface area contributed by atoms with E-state index >= 15 is 0 Å². The molecular weight excluding hydrogens is 252 g/mol. The maximum atomic E-state index is 11.3. The third-order valence-electron chi connectivity index (χ3n) is 4.74. The molecule has 0 radical (unpaired) electrons. The molecule has 3 atom stereocenters. The van der Waals surface area contributed by atoms with E-state index in [9.17, 15) is 4.79 Å². The lowest BCUT2D eigenvalue weighted by molar-refractivity contribution is 0.119. The molecule has 2 aliphatic rings. The number of rotatable bonds is 2. The van der Waals surface area contributed by atoms with Crippen molar-refractivity contribution in [1.29, 1.82) is 0 Å². The van der Waals surface area contributed by atoms with Crippen molar-refractivity contribution < 1.29 is 9.15 Å². The van der Waals surface area contributed by atoms with Crippen LogP contribution in [0.4, 0.5) is 0 Å². The molecular formula is C17H18O3. The van der Waals surface area contributed by atoms with Crippen LogP contribution in [0, 0.1) is 11.8 Å². The van der Waals surface area contributed by atoms with Crippen LogP contribution in [0.15, 0.2) is 39.5 Å². The van der Waals surface area contributed by atoms with Crippen molar-refractivity contribution in [2.45, 2.75) is 38.2 Å². The standard InChI is InChI=1S/C17H18O3/c18-17-6-4-13-3-5-14(10-16(13)20-17)19-15-8-11-1-2-12(7-11)9-15/h3-6,10-12,15H,1-2,7-9H2/t11-,12+,15-. The summed E-state index contributed by atoms with van der Waals surface area (Å²) >= 11 is 0. The Morgan fingerprint density at radius 2 is 1.75 bits per heavy atom. The highest BCUT2D eigenvalue weighted by molar-refractivity contribution is 5.77. The fraction of sp³-hybridized carbons (Fsp3) is 0.471. The summed E-state index contributed by atoms with van der Waals surface area (Å²) in [5.41, 5.74) is 0.291. The molecule has 20 heavy (non-hydrogen) atoms. The van der Waals surface area contributed by atoms with Gasteiger partial charge in [-0.15, -0.1) is 0 Å². The van der Waals surface area contributed by atoms with Crippen molar-refractivity contribution in [3.05, 3.63) is 40.8 Å². The van der Waals surface area contributed by atoms with Crippen molar-refractivity contribution in [3.8, 4) is 5.75 Å². The topological polar surface area (TPSA) is 39.4 Å². The normalized spacial score (nSPS) is 28.7. The lowest BCUT2D eigenvalue weighted by atomic mass is 9.87. The van der Waals surface area contributed by atoms with Crippen molar-refractivity contribution in [3.63, 3.8) is 0 Å². The van der Waals surface area contributed by atoms with Crippen LogP contribution in [0.1, 0.15) is 32.1 Å². The van der Waals surface area contributed by atoms with Crippen molar-refractivity contribution >= 4 is 11.0 Å². The molecule has 3 nitrogen and oxygen atoms in total. The minimum Gasteiger partial charge on any atom is -0.490 e. The van der Waals surface area contributed by atoms with Crippen LogP contribution in [-0.2, 0) is 0 Å². The molecule has 2 aliphatic carbocycles. The molecule has 2 saturated carbocycles. The largest absolute Gasteiger partial charge is 0.490 e. The summed E-state index contributed by atoms with van der Waals surface area (Å²) in [5.74, 6) is 2.53. The average molecular weight is 270 g/mol. The van der Waals surface area contributed by atoms with Crippen molar-refractivity contribution in [1.82, 2.24) is 0 Å². The average Bonchev–Trinajstić information content (AvgIpc) is 2.77. The van der Waals surface area contributed by atoms with E-state index in [0.717, 1.165) is 23.0 Å². The summed E-state index contributed by atoms with van der Waals surface area (Å²) < 4.78 is 11.3. The minimum atomic E-state index is -0.314. The zero-order valence-electron chi connectivity index (χ0n) is 11.4. The van der Waals surface area contributed by atoms with E-state index in [1.807, 2.05) is 18.2 Å². The second-order valence-electron chi connectivity index (χ2n) is 6.21. The van der Waals surface area contributed by atoms with E-state index in [4.69, 9.17) is 9.15 Å². The van der Waals surface area contributed by atoms with Crippen LogP contribution in [0.25, 0.3) is 11.0 Å². The summed E-state index contributed by atoms with van der Waals surface area (Å²) in [5, 5.41) is 0.931. The van der Waals surface area contributed by atoms with Gasteiger partial charge >= 0.3 is 5.63 Å². The molecule has 0 spiro atoms. The molecule has 0 unspecified atom stereocenters. The van der Waals surface area contributed by atoms with Crippen LogP contribution in [0.2, 0.25) is 0 Å². The van der Waals surface area contributed by atoms with Gasteiger partial charge in [-0.2, -0.15) is 0 Å². The Morgan fingerprint density at radius 3 is 2.55 bits per heavy atom. The Labute approximate surface area is 117 Å². The third-order valence-corrected chi connectivity index (χ3v) is 4.74. The number of fused-ring (bicyclic) bond motifs is 3. The molecule has 3 heteroatoms. The van der Waals surface area contributed by atoms with E-state index in [1.165, 1.54) is 38.2 Å². The Hall–Kier alpha value is -1.77. The summed E-state index contributed by atoms with van der Waals surface area (Å²) in [6.07, 6.45) is 6.82. The van der Waals surface area contributed by atoms with Gasteiger partial charge in [-0.3, -0.25) is 0 Å². The fourth-order valence-electron chi connectivity index (χ4n) is 3.85. The SMILES string of the molecule is O=c1ccc2ccc(O[C@@H]3C[C@@H]4CC[C@@H](C4)C3)cc2o1. The Morgan fingerprint density at radius 1 is 1.00 bits per heavy atom.